The van der Waals surface area contributed by atoms with Gasteiger partial charge in [0.2, 0.25) is 0 Å². The Bertz CT molecular complexity index is 595. The summed E-state index contributed by atoms with van der Waals surface area (Å²) in [6.07, 6.45) is 3.01. The molecule has 0 aliphatic rings. The van der Waals surface area contributed by atoms with Crippen molar-refractivity contribution >= 4 is 11.9 Å². The van der Waals surface area contributed by atoms with E-state index in [1.165, 1.54) is 19.4 Å². The van der Waals surface area contributed by atoms with Crippen LogP contribution in [-0.4, -0.2) is 24.0 Å². The van der Waals surface area contributed by atoms with Crippen LogP contribution in [0.5, 0.6) is 5.75 Å². The van der Waals surface area contributed by atoms with Gasteiger partial charge in [0.15, 0.2) is 0 Å². The van der Waals surface area contributed by atoms with Gasteiger partial charge in [-0.1, -0.05) is 6.07 Å². The van der Waals surface area contributed by atoms with Crippen molar-refractivity contribution in [3.05, 3.63) is 59.9 Å². The Morgan fingerprint density at radius 3 is 2.42 bits per heavy atom. The molecule has 5 heteroatoms. The van der Waals surface area contributed by atoms with Crippen molar-refractivity contribution < 1.29 is 19.1 Å². The topological polar surface area (TPSA) is 65.5 Å². The average molecular weight is 257 g/mol. The maximum Gasteiger partial charge on any atom is 0.343 e. The molecular formula is C14H11NO4. The first-order chi connectivity index (χ1) is 9.20. The summed E-state index contributed by atoms with van der Waals surface area (Å²) in [6, 6.07) is 9.41. The number of hydrogen-bond donors (Lipinski definition) is 0. The van der Waals surface area contributed by atoms with Crippen molar-refractivity contribution in [1.29, 1.82) is 0 Å². The molecule has 96 valence electrons. The average Bonchev–Trinajstić information content (AvgIpc) is 2.47. The fourth-order valence-electron chi connectivity index (χ4n) is 1.46. The minimum atomic E-state index is -0.557. The highest BCUT2D eigenvalue weighted by atomic mass is 16.5. The largest absolute Gasteiger partial charge is 0.465 e. The van der Waals surface area contributed by atoms with Crippen LogP contribution in [0.4, 0.5) is 0 Å². The third kappa shape index (κ3) is 3.16. The highest BCUT2D eigenvalue weighted by molar-refractivity contribution is 5.96. The number of carbonyl (C=O) groups is 2. The highest BCUT2D eigenvalue weighted by Gasteiger charge is 2.12. The molecule has 0 unspecified atom stereocenters. The van der Waals surface area contributed by atoms with Crippen LogP contribution in [0.2, 0.25) is 0 Å². The van der Waals surface area contributed by atoms with Gasteiger partial charge in [0.25, 0.3) is 0 Å². The van der Waals surface area contributed by atoms with Crippen LogP contribution < -0.4 is 4.74 Å². The summed E-state index contributed by atoms with van der Waals surface area (Å²) in [6.45, 7) is 0. The maximum atomic E-state index is 11.9. The lowest BCUT2D eigenvalue weighted by Crippen LogP contribution is -2.10. The lowest BCUT2D eigenvalue weighted by atomic mass is 10.1. The number of hydrogen-bond acceptors (Lipinski definition) is 5. The van der Waals surface area contributed by atoms with Gasteiger partial charge in [-0.3, -0.25) is 4.98 Å². The van der Waals surface area contributed by atoms with E-state index >= 15 is 0 Å². The fourth-order valence-corrected chi connectivity index (χ4v) is 1.46. The van der Waals surface area contributed by atoms with E-state index in [0.717, 1.165) is 0 Å². The minimum absolute atomic E-state index is 0.270. The molecule has 0 atom stereocenters. The molecule has 19 heavy (non-hydrogen) atoms. The Hall–Kier alpha value is -2.69. The SMILES string of the molecule is COC(=O)c1cccc(C(=O)Oc2cccnc2)c1. The molecule has 1 aromatic heterocycles. The molecule has 2 aromatic rings. The van der Waals surface area contributed by atoms with Crippen molar-refractivity contribution in [3.63, 3.8) is 0 Å². The quantitative estimate of drug-likeness (QED) is 0.788. The van der Waals surface area contributed by atoms with E-state index in [1.807, 2.05) is 0 Å². The van der Waals surface area contributed by atoms with Crippen molar-refractivity contribution in [2.45, 2.75) is 0 Å². The molecule has 2 rings (SSSR count). The van der Waals surface area contributed by atoms with Gasteiger partial charge in [0.05, 0.1) is 24.4 Å². The lowest BCUT2D eigenvalue weighted by Gasteiger charge is -2.05. The fraction of sp³-hybridized carbons (Fsp3) is 0.0714. The summed E-state index contributed by atoms with van der Waals surface area (Å²) in [5.41, 5.74) is 0.565. The Morgan fingerprint density at radius 2 is 1.79 bits per heavy atom. The number of nitrogens with zero attached hydrogens (tertiary/aromatic N) is 1. The molecule has 0 aliphatic heterocycles. The standard InChI is InChI=1S/C14H11NO4/c1-18-13(16)10-4-2-5-11(8-10)14(17)19-12-6-3-7-15-9-12/h2-9H,1H3. The summed E-state index contributed by atoms with van der Waals surface area (Å²) in [5, 5.41) is 0. The molecule has 5 nitrogen and oxygen atoms in total. The second-order valence-electron chi connectivity index (χ2n) is 3.65. The van der Waals surface area contributed by atoms with E-state index in [1.54, 1.807) is 36.5 Å². The molecule has 0 saturated carbocycles. The zero-order chi connectivity index (χ0) is 13.7. The first-order valence-electron chi connectivity index (χ1n) is 5.51. The molecular weight excluding hydrogens is 246 g/mol. The van der Waals surface area contributed by atoms with Crippen molar-refractivity contribution in [3.8, 4) is 5.75 Å². The number of benzene rings is 1. The monoisotopic (exact) mass is 257 g/mol. The molecule has 0 spiro atoms. The number of aromatic nitrogens is 1. The lowest BCUT2D eigenvalue weighted by molar-refractivity contribution is 0.0600. The van der Waals surface area contributed by atoms with Crippen molar-refractivity contribution in [1.82, 2.24) is 4.98 Å². The third-order valence-corrected chi connectivity index (χ3v) is 2.36. The molecule has 0 radical (unpaired) electrons. The first-order valence-corrected chi connectivity index (χ1v) is 5.51. The van der Waals surface area contributed by atoms with Gasteiger partial charge in [-0.25, -0.2) is 9.59 Å². The van der Waals surface area contributed by atoms with E-state index in [-0.39, 0.29) is 5.56 Å². The molecule has 0 N–H and O–H groups in total. The van der Waals surface area contributed by atoms with E-state index in [0.29, 0.717) is 11.3 Å². The predicted octanol–water partition coefficient (Wildman–Crippen LogP) is 2.09. The molecule has 0 amide bonds. The van der Waals surface area contributed by atoms with E-state index < -0.39 is 11.9 Å². The number of esters is 2. The van der Waals surface area contributed by atoms with Gasteiger partial charge in [-0.2, -0.15) is 0 Å². The zero-order valence-electron chi connectivity index (χ0n) is 10.2. The number of carbonyl (C=O) groups excluding carboxylic acids is 2. The van der Waals surface area contributed by atoms with Gasteiger partial charge in [0, 0.05) is 6.20 Å². The highest BCUT2D eigenvalue weighted by Crippen LogP contribution is 2.12. The molecule has 0 aliphatic carbocycles. The van der Waals surface area contributed by atoms with Crippen molar-refractivity contribution in [2.75, 3.05) is 7.11 Å². The van der Waals surface area contributed by atoms with Crippen LogP contribution in [0.3, 0.4) is 0 Å². The summed E-state index contributed by atoms with van der Waals surface area (Å²) < 4.78 is 9.70. The normalized spacial score (nSPS) is 9.74. The Balaban J connectivity index is 2.18. The smallest absolute Gasteiger partial charge is 0.343 e. The Labute approximate surface area is 109 Å². The summed E-state index contributed by atoms with van der Waals surface area (Å²) in [4.78, 5) is 27.1. The zero-order valence-corrected chi connectivity index (χ0v) is 10.2. The number of rotatable bonds is 3. The van der Waals surface area contributed by atoms with E-state index in [2.05, 4.69) is 9.72 Å². The Kier molecular flexibility index (Phi) is 3.87. The van der Waals surface area contributed by atoms with Crippen LogP contribution in [0.15, 0.2) is 48.8 Å². The molecule has 0 saturated heterocycles. The van der Waals surface area contributed by atoms with Gasteiger partial charge < -0.3 is 9.47 Å². The first kappa shape index (κ1) is 12.8. The van der Waals surface area contributed by atoms with Gasteiger partial charge in [-0.15, -0.1) is 0 Å². The van der Waals surface area contributed by atoms with Gasteiger partial charge >= 0.3 is 11.9 Å². The molecule has 1 heterocycles. The van der Waals surface area contributed by atoms with Gasteiger partial charge in [-0.05, 0) is 30.3 Å². The van der Waals surface area contributed by atoms with Crippen LogP contribution in [0, 0.1) is 0 Å². The van der Waals surface area contributed by atoms with Crippen molar-refractivity contribution in [2.24, 2.45) is 0 Å². The van der Waals surface area contributed by atoms with E-state index in [9.17, 15) is 9.59 Å². The van der Waals surface area contributed by atoms with Crippen LogP contribution >= 0.6 is 0 Å². The Morgan fingerprint density at radius 1 is 1.05 bits per heavy atom. The molecule has 0 fully saturated rings. The number of methoxy groups -OCH3 is 1. The van der Waals surface area contributed by atoms with Crippen LogP contribution in [-0.2, 0) is 4.74 Å². The maximum absolute atomic E-state index is 11.9. The second-order valence-corrected chi connectivity index (χ2v) is 3.65. The number of pyridine rings is 1. The number of ether oxygens (including phenoxy) is 2. The van der Waals surface area contributed by atoms with E-state index in [4.69, 9.17) is 4.74 Å². The second kappa shape index (κ2) is 5.77. The summed E-state index contributed by atoms with van der Waals surface area (Å²) in [5.74, 6) is -0.717. The van der Waals surface area contributed by atoms with Crippen LogP contribution in [0.1, 0.15) is 20.7 Å². The molecule has 0 bridgehead atoms. The minimum Gasteiger partial charge on any atom is -0.465 e. The summed E-state index contributed by atoms with van der Waals surface area (Å²) in [7, 11) is 1.28. The van der Waals surface area contributed by atoms with Gasteiger partial charge in [0.1, 0.15) is 5.75 Å². The predicted molar refractivity (Wildman–Crippen MR) is 67.0 cm³/mol. The van der Waals surface area contributed by atoms with Crippen LogP contribution in [0.25, 0.3) is 0 Å². The summed E-state index contributed by atoms with van der Waals surface area (Å²) >= 11 is 0. The molecule has 1 aromatic carbocycles. The third-order valence-electron chi connectivity index (χ3n) is 2.36.